The summed E-state index contributed by atoms with van der Waals surface area (Å²) in [6.45, 7) is 1.90. The smallest absolute Gasteiger partial charge is 0.379 e. The molecule has 2 rings (SSSR count). The van der Waals surface area contributed by atoms with Gasteiger partial charge in [0.05, 0.1) is 10.6 Å². The van der Waals surface area contributed by atoms with E-state index in [0.717, 1.165) is 18.3 Å². The molecule has 1 atom stereocenters. The molecule has 0 saturated carbocycles. The minimum atomic E-state index is -0.950. The van der Waals surface area contributed by atoms with E-state index in [2.05, 4.69) is 19.9 Å². The molecule has 9 nitrogen and oxygen atoms in total. The number of anilines is 1. The molecule has 0 aliphatic heterocycles. The van der Waals surface area contributed by atoms with Gasteiger partial charge < -0.3 is 10.1 Å². The summed E-state index contributed by atoms with van der Waals surface area (Å²) < 4.78 is 4.44. The lowest BCUT2D eigenvalue weighted by molar-refractivity contribution is -0.290. The standard InChI is InChI=1S/C13H14N2O7S/c1-6(16)14-13-15-8-3-4-9(11(19)12(8)23-13)21-22-10(18)5-20-7(2)17/h9H,3-5H2,1-2H3,(H,14,15,16). The molecular formula is C13H14N2O7S. The van der Waals surface area contributed by atoms with E-state index in [0.29, 0.717) is 22.1 Å². The second-order valence-electron chi connectivity index (χ2n) is 4.70. The predicted octanol–water partition coefficient (Wildman–Crippen LogP) is 0.637. The monoisotopic (exact) mass is 342 g/mol. The number of nitrogens with zero attached hydrogens (tertiary/aromatic N) is 1. The number of rotatable bonds is 5. The number of thiazole rings is 1. The van der Waals surface area contributed by atoms with Gasteiger partial charge in [0.1, 0.15) is 0 Å². The molecule has 0 fully saturated rings. The van der Waals surface area contributed by atoms with Crippen molar-refractivity contribution in [2.24, 2.45) is 0 Å². The number of carbonyl (C=O) groups excluding carboxylic acids is 4. The molecule has 0 aromatic carbocycles. The second-order valence-corrected chi connectivity index (χ2v) is 5.70. The Hall–Kier alpha value is -2.33. The van der Waals surface area contributed by atoms with Crippen LogP contribution in [-0.2, 0) is 35.3 Å². The van der Waals surface area contributed by atoms with Crippen LogP contribution in [0.4, 0.5) is 5.13 Å². The van der Waals surface area contributed by atoms with Crippen molar-refractivity contribution in [3.05, 3.63) is 10.6 Å². The normalized spacial score (nSPS) is 16.4. The van der Waals surface area contributed by atoms with Crippen LogP contribution in [0.2, 0.25) is 0 Å². The van der Waals surface area contributed by atoms with E-state index in [1.54, 1.807) is 0 Å². The van der Waals surface area contributed by atoms with E-state index < -0.39 is 24.6 Å². The Kier molecular flexibility index (Phi) is 5.40. The molecule has 1 N–H and O–H groups in total. The highest BCUT2D eigenvalue weighted by Gasteiger charge is 2.33. The van der Waals surface area contributed by atoms with E-state index in [9.17, 15) is 19.2 Å². The molecule has 0 saturated heterocycles. The first kappa shape index (κ1) is 17.0. The predicted molar refractivity (Wildman–Crippen MR) is 76.7 cm³/mol. The van der Waals surface area contributed by atoms with E-state index >= 15 is 0 Å². The molecule has 124 valence electrons. The first-order valence-corrected chi connectivity index (χ1v) is 7.49. The Morgan fingerprint density at radius 2 is 2.09 bits per heavy atom. The van der Waals surface area contributed by atoms with Crippen LogP contribution in [0.15, 0.2) is 0 Å². The van der Waals surface area contributed by atoms with Gasteiger partial charge in [0, 0.05) is 13.8 Å². The average Bonchev–Trinajstić information content (AvgIpc) is 2.87. The SMILES string of the molecule is CC(=O)Nc1nc2c(s1)C(=O)C(OOC(=O)COC(C)=O)CC2. The van der Waals surface area contributed by atoms with Gasteiger partial charge in [-0.25, -0.2) is 9.78 Å². The number of aryl methyl sites for hydroxylation is 1. The summed E-state index contributed by atoms with van der Waals surface area (Å²) in [5.74, 6) is -2.20. The fraction of sp³-hybridized carbons (Fsp3) is 0.462. The third kappa shape index (κ3) is 4.57. The van der Waals surface area contributed by atoms with Crippen LogP contribution in [0.1, 0.15) is 35.6 Å². The number of fused-ring (bicyclic) bond motifs is 1. The molecule has 1 heterocycles. The highest BCUT2D eigenvalue weighted by molar-refractivity contribution is 7.17. The van der Waals surface area contributed by atoms with Gasteiger partial charge in [0.25, 0.3) is 0 Å². The number of Topliss-reactive ketones (excluding diaryl/α,β-unsaturated/α-hetero) is 1. The Bertz CT molecular complexity index is 655. The highest BCUT2D eigenvalue weighted by atomic mass is 32.1. The van der Waals surface area contributed by atoms with Crippen molar-refractivity contribution in [1.29, 1.82) is 0 Å². The minimum Gasteiger partial charge on any atom is -0.454 e. The van der Waals surface area contributed by atoms with E-state index in [4.69, 9.17) is 4.89 Å². The molecule has 0 radical (unpaired) electrons. The molecule has 0 spiro atoms. The highest BCUT2D eigenvalue weighted by Crippen LogP contribution is 2.30. The molecule has 1 unspecified atom stereocenters. The van der Waals surface area contributed by atoms with Crippen LogP contribution >= 0.6 is 11.3 Å². The first-order valence-electron chi connectivity index (χ1n) is 6.68. The average molecular weight is 342 g/mol. The molecule has 1 aliphatic rings. The molecule has 0 bridgehead atoms. The van der Waals surface area contributed by atoms with Gasteiger partial charge in [0.15, 0.2) is 17.8 Å². The van der Waals surface area contributed by atoms with Crippen LogP contribution in [0.5, 0.6) is 0 Å². The van der Waals surface area contributed by atoms with Crippen molar-refractivity contribution < 1.29 is 33.7 Å². The van der Waals surface area contributed by atoms with Gasteiger partial charge in [-0.1, -0.05) is 11.3 Å². The van der Waals surface area contributed by atoms with Crippen LogP contribution in [0, 0.1) is 0 Å². The number of amides is 1. The van der Waals surface area contributed by atoms with Crippen LogP contribution in [-0.4, -0.2) is 41.3 Å². The van der Waals surface area contributed by atoms with Crippen LogP contribution in [0.3, 0.4) is 0 Å². The lowest BCUT2D eigenvalue weighted by atomic mass is 9.99. The number of hydrogen-bond acceptors (Lipinski definition) is 9. The number of nitrogens with one attached hydrogen (secondary N) is 1. The molecular weight excluding hydrogens is 328 g/mol. The fourth-order valence-corrected chi connectivity index (χ4v) is 2.89. The Balaban J connectivity index is 1.93. The van der Waals surface area contributed by atoms with Gasteiger partial charge >= 0.3 is 11.9 Å². The summed E-state index contributed by atoms with van der Waals surface area (Å²) >= 11 is 1.04. The summed E-state index contributed by atoms with van der Waals surface area (Å²) in [6.07, 6.45) is -0.214. The maximum absolute atomic E-state index is 12.3. The van der Waals surface area contributed by atoms with Gasteiger partial charge in [-0.05, 0) is 12.8 Å². The van der Waals surface area contributed by atoms with E-state index in [1.165, 1.54) is 6.92 Å². The van der Waals surface area contributed by atoms with Gasteiger partial charge in [0.2, 0.25) is 11.7 Å². The zero-order chi connectivity index (χ0) is 17.0. The van der Waals surface area contributed by atoms with Gasteiger partial charge in [-0.15, -0.1) is 0 Å². The summed E-state index contributed by atoms with van der Waals surface area (Å²) in [5, 5.41) is 2.85. The minimum absolute atomic E-state index is 0.282. The maximum atomic E-state index is 12.3. The molecule has 1 aromatic heterocycles. The Labute approximate surface area is 134 Å². The largest absolute Gasteiger partial charge is 0.454 e. The van der Waals surface area contributed by atoms with Crippen molar-refractivity contribution in [1.82, 2.24) is 4.98 Å². The number of esters is 1. The summed E-state index contributed by atoms with van der Waals surface area (Å²) in [5.41, 5.74) is 0.579. The maximum Gasteiger partial charge on any atom is 0.379 e. The first-order chi connectivity index (χ1) is 10.9. The molecule has 1 aromatic rings. The molecule has 10 heteroatoms. The topological polar surface area (TPSA) is 121 Å². The molecule has 1 amide bonds. The Morgan fingerprint density at radius 1 is 1.35 bits per heavy atom. The summed E-state index contributed by atoms with van der Waals surface area (Å²) in [7, 11) is 0. The van der Waals surface area contributed by atoms with Crippen molar-refractivity contribution in [2.75, 3.05) is 11.9 Å². The van der Waals surface area contributed by atoms with E-state index in [-0.39, 0.29) is 18.1 Å². The number of hydrogen-bond donors (Lipinski definition) is 1. The quantitative estimate of drug-likeness (QED) is 0.470. The van der Waals surface area contributed by atoms with Gasteiger partial charge in [-0.2, -0.15) is 4.89 Å². The lowest BCUT2D eigenvalue weighted by Gasteiger charge is -2.18. The Morgan fingerprint density at radius 3 is 2.74 bits per heavy atom. The van der Waals surface area contributed by atoms with Crippen molar-refractivity contribution >= 4 is 40.1 Å². The third-order valence-corrected chi connectivity index (χ3v) is 3.82. The van der Waals surface area contributed by atoms with Gasteiger partial charge in [-0.3, -0.25) is 19.3 Å². The molecule has 1 aliphatic carbocycles. The zero-order valence-electron chi connectivity index (χ0n) is 12.4. The number of ketones is 1. The number of carbonyl (C=O) groups is 4. The van der Waals surface area contributed by atoms with E-state index in [1.807, 2.05) is 0 Å². The number of ether oxygens (including phenoxy) is 1. The van der Waals surface area contributed by atoms with Crippen molar-refractivity contribution in [3.8, 4) is 0 Å². The third-order valence-electron chi connectivity index (χ3n) is 2.79. The summed E-state index contributed by atoms with van der Waals surface area (Å²) in [6, 6.07) is 0. The van der Waals surface area contributed by atoms with Crippen LogP contribution < -0.4 is 5.32 Å². The van der Waals surface area contributed by atoms with Crippen molar-refractivity contribution in [2.45, 2.75) is 32.8 Å². The number of aromatic nitrogens is 1. The second kappa shape index (κ2) is 7.29. The summed E-state index contributed by atoms with van der Waals surface area (Å²) in [4.78, 5) is 58.9. The lowest BCUT2D eigenvalue weighted by Crippen LogP contribution is -2.31. The molecule has 23 heavy (non-hydrogen) atoms. The van der Waals surface area contributed by atoms with Crippen molar-refractivity contribution in [3.63, 3.8) is 0 Å². The zero-order valence-corrected chi connectivity index (χ0v) is 13.2. The van der Waals surface area contributed by atoms with Crippen LogP contribution in [0.25, 0.3) is 0 Å². The fourth-order valence-electron chi connectivity index (χ4n) is 1.85.